The smallest absolute Gasteiger partial charge is 0.150 e. The van der Waals surface area contributed by atoms with Crippen molar-refractivity contribution in [3.63, 3.8) is 0 Å². The van der Waals surface area contributed by atoms with Crippen LogP contribution in [-0.4, -0.2) is 5.16 Å². The molecule has 7 heavy (non-hydrogen) atoms. The third-order valence-corrected chi connectivity index (χ3v) is 0.692. The zero-order valence-corrected chi connectivity index (χ0v) is 3.79. The highest BCUT2D eigenvalue weighted by atomic mass is 16.5. The standard InChI is InChI=1S/C4H6N2O/c5-3-4-1-2-6-7-4/h1-2H,3,5H2. The van der Waals surface area contributed by atoms with Gasteiger partial charge in [0.05, 0.1) is 12.7 Å². The lowest BCUT2D eigenvalue weighted by atomic mass is 10.5. The molecule has 0 saturated carbocycles. The van der Waals surface area contributed by atoms with Gasteiger partial charge in [0.25, 0.3) is 0 Å². The van der Waals surface area contributed by atoms with Crippen LogP contribution in [0.1, 0.15) is 5.76 Å². The van der Waals surface area contributed by atoms with Crippen molar-refractivity contribution in [1.29, 1.82) is 0 Å². The molecular formula is C4H6N2O. The second-order valence-electron chi connectivity index (χ2n) is 1.18. The third kappa shape index (κ3) is 0.778. The highest BCUT2D eigenvalue weighted by Crippen LogP contribution is 1.91. The monoisotopic (exact) mass is 98.0 g/mol. The summed E-state index contributed by atoms with van der Waals surface area (Å²) in [6, 6.07) is 1.74. The molecular weight excluding hydrogens is 92.1 g/mol. The van der Waals surface area contributed by atoms with Crippen molar-refractivity contribution in [3.05, 3.63) is 18.0 Å². The summed E-state index contributed by atoms with van der Waals surface area (Å²) < 4.78 is 4.61. The van der Waals surface area contributed by atoms with Crippen LogP contribution in [-0.2, 0) is 6.54 Å². The third-order valence-electron chi connectivity index (χ3n) is 0.692. The first kappa shape index (κ1) is 4.33. The van der Waals surface area contributed by atoms with E-state index in [0.717, 1.165) is 5.76 Å². The molecule has 3 nitrogen and oxygen atoms in total. The molecule has 0 aromatic carbocycles. The number of nitrogens with zero attached hydrogens (tertiary/aromatic N) is 1. The first-order chi connectivity index (χ1) is 3.43. The Balaban J connectivity index is 2.76. The van der Waals surface area contributed by atoms with Crippen LogP contribution in [0.2, 0.25) is 0 Å². The van der Waals surface area contributed by atoms with E-state index in [1.807, 2.05) is 0 Å². The van der Waals surface area contributed by atoms with E-state index in [9.17, 15) is 0 Å². The number of rotatable bonds is 1. The van der Waals surface area contributed by atoms with Crippen LogP contribution in [0.3, 0.4) is 0 Å². The second kappa shape index (κ2) is 1.75. The molecule has 2 N–H and O–H groups in total. The highest BCUT2D eigenvalue weighted by Gasteiger charge is 1.86. The number of hydrogen-bond donors (Lipinski definition) is 1. The van der Waals surface area contributed by atoms with Crippen molar-refractivity contribution in [2.75, 3.05) is 0 Å². The second-order valence-corrected chi connectivity index (χ2v) is 1.18. The Morgan fingerprint density at radius 1 is 1.86 bits per heavy atom. The van der Waals surface area contributed by atoms with E-state index >= 15 is 0 Å². The van der Waals surface area contributed by atoms with E-state index in [1.165, 1.54) is 0 Å². The van der Waals surface area contributed by atoms with Crippen LogP contribution in [0.4, 0.5) is 0 Å². The van der Waals surface area contributed by atoms with E-state index in [1.54, 1.807) is 12.3 Å². The molecule has 0 fully saturated rings. The number of aromatic nitrogens is 1. The Labute approximate surface area is 41.1 Å². The molecule has 0 atom stereocenters. The minimum Gasteiger partial charge on any atom is -0.360 e. The van der Waals surface area contributed by atoms with Crippen molar-refractivity contribution in [1.82, 2.24) is 5.16 Å². The van der Waals surface area contributed by atoms with Crippen LogP contribution in [0.15, 0.2) is 16.8 Å². The largest absolute Gasteiger partial charge is 0.360 e. The normalized spacial score (nSPS) is 9.29. The lowest BCUT2D eigenvalue weighted by Crippen LogP contribution is -1.92. The molecule has 1 aromatic heterocycles. The fourth-order valence-electron chi connectivity index (χ4n) is 0.347. The molecule has 1 rings (SSSR count). The molecule has 0 amide bonds. The molecule has 0 bridgehead atoms. The van der Waals surface area contributed by atoms with Gasteiger partial charge in [0.1, 0.15) is 5.76 Å². The molecule has 0 saturated heterocycles. The van der Waals surface area contributed by atoms with Gasteiger partial charge >= 0.3 is 0 Å². The summed E-state index contributed by atoms with van der Waals surface area (Å²) in [6.07, 6.45) is 1.57. The minimum absolute atomic E-state index is 0.431. The summed E-state index contributed by atoms with van der Waals surface area (Å²) in [4.78, 5) is 0. The van der Waals surface area contributed by atoms with Crippen LogP contribution >= 0.6 is 0 Å². The summed E-state index contributed by atoms with van der Waals surface area (Å²) in [5.41, 5.74) is 5.16. The topological polar surface area (TPSA) is 52.0 Å². The molecule has 38 valence electrons. The van der Waals surface area contributed by atoms with E-state index < -0.39 is 0 Å². The van der Waals surface area contributed by atoms with Crippen LogP contribution in [0, 0.1) is 0 Å². The van der Waals surface area contributed by atoms with Crippen LogP contribution in [0.25, 0.3) is 0 Å². The van der Waals surface area contributed by atoms with Crippen LogP contribution < -0.4 is 5.73 Å². The molecule has 0 aliphatic carbocycles. The summed E-state index contributed by atoms with van der Waals surface area (Å²) in [5.74, 6) is 0.722. The predicted octanol–water partition coefficient (Wildman–Crippen LogP) is 0.133. The van der Waals surface area contributed by atoms with E-state index in [-0.39, 0.29) is 0 Å². The molecule has 0 spiro atoms. The summed E-state index contributed by atoms with van der Waals surface area (Å²) in [6.45, 7) is 0.431. The molecule has 0 aliphatic rings. The van der Waals surface area contributed by atoms with Crippen LogP contribution in [0.5, 0.6) is 0 Å². The minimum atomic E-state index is 0.431. The Hall–Kier alpha value is -0.830. The molecule has 1 heterocycles. The molecule has 1 aromatic rings. The number of hydrogen-bond acceptors (Lipinski definition) is 3. The van der Waals surface area contributed by atoms with Gasteiger partial charge in [-0.2, -0.15) is 0 Å². The van der Waals surface area contributed by atoms with Crippen molar-refractivity contribution >= 4 is 0 Å². The average molecular weight is 98.1 g/mol. The number of nitrogens with two attached hydrogens (primary N) is 1. The van der Waals surface area contributed by atoms with Gasteiger partial charge in [0, 0.05) is 6.07 Å². The first-order valence-electron chi connectivity index (χ1n) is 2.03. The van der Waals surface area contributed by atoms with E-state index in [4.69, 9.17) is 5.73 Å². The van der Waals surface area contributed by atoms with Gasteiger partial charge < -0.3 is 10.3 Å². The molecule has 0 unspecified atom stereocenters. The van der Waals surface area contributed by atoms with Gasteiger partial charge in [-0.1, -0.05) is 5.16 Å². The maximum Gasteiger partial charge on any atom is 0.150 e. The van der Waals surface area contributed by atoms with Gasteiger partial charge in [-0.05, 0) is 0 Å². The van der Waals surface area contributed by atoms with E-state index in [2.05, 4.69) is 9.68 Å². The Morgan fingerprint density at radius 3 is 3.00 bits per heavy atom. The first-order valence-corrected chi connectivity index (χ1v) is 2.03. The maximum atomic E-state index is 5.16. The fraction of sp³-hybridized carbons (Fsp3) is 0.250. The molecule has 0 radical (unpaired) electrons. The van der Waals surface area contributed by atoms with E-state index in [0.29, 0.717) is 6.54 Å². The summed E-state index contributed by atoms with van der Waals surface area (Å²) >= 11 is 0. The van der Waals surface area contributed by atoms with Gasteiger partial charge in [-0.25, -0.2) is 0 Å². The maximum absolute atomic E-state index is 5.16. The van der Waals surface area contributed by atoms with Gasteiger partial charge in [-0.3, -0.25) is 0 Å². The zero-order valence-electron chi connectivity index (χ0n) is 3.79. The lowest BCUT2D eigenvalue weighted by molar-refractivity contribution is 0.385. The van der Waals surface area contributed by atoms with Gasteiger partial charge in [0.15, 0.2) is 0 Å². The predicted molar refractivity (Wildman–Crippen MR) is 24.4 cm³/mol. The van der Waals surface area contributed by atoms with Crippen molar-refractivity contribution in [2.24, 2.45) is 5.73 Å². The molecule has 0 aliphatic heterocycles. The summed E-state index contributed by atoms with van der Waals surface area (Å²) in [5, 5.41) is 3.44. The Kier molecular flexibility index (Phi) is 1.08. The lowest BCUT2D eigenvalue weighted by Gasteiger charge is -1.77. The van der Waals surface area contributed by atoms with Gasteiger partial charge in [0.2, 0.25) is 0 Å². The average Bonchev–Trinajstić information content (AvgIpc) is 2.14. The quantitative estimate of drug-likeness (QED) is 0.543. The van der Waals surface area contributed by atoms with Crippen molar-refractivity contribution < 1.29 is 4.52 Å². The van der Waals surface area contributed by atoms with Crippen molar-refractivity contribution in [2.45, 2.75) is 6.54 Å². The van der Waals surface area contributed by atoms with Gasteiger partial charge in [-0.15, -0.1) is 0 Å². The SMILES string of the molecule is NCc1ccno1. The summed E-state index contributed by atoms with van der Waals surface area (Å²) in [7, 11) is 0. The Bertz CT molecular complexity index is 124. The molecule has 3 heteroatoms. The van der Waals surface area contributed by atoms with Crippen molar-refractivity contribution in [3.8, 4) is 0 Å². The Morgan fingerprint density at radius 2 is 2.71 bits per heavy atom. The fourth-order valence-corrected chi connectivity index (χ4v) is 0.347. The zero-order chi connectivity index (χ0) is 5.11. The highest BCUT2D eigenvalue weighted by molar-refractivity contribution is 4.90.